The average molecular weight is 679 g/mol. The minimum atomic E-state index is -0.244. The molecule has 258 valence electrons. The van der Waals surface area contributed by atoms with E-state index in [2.05, 4.69) is 95.0 Å². The summed E-state index contributed by atoms with van der Waals surface area (Å²) in [7, 11) is 0. The van der Waals surface area contributed by atoms with Crippen LogP contribution in [0.15, 0.2) is 77.5 Å². The molecule has 9 nitrogen and oxygen atoms in total. The SMILES string of the molecule is Cc1c(Nc2nccc3cc(CN4CC[C@@H](O)C4)cnc23)cccc1-c1cccc(-c2cc3cc4c(c(C#N)c3o2)CCCC4NCCO)c1C. The molecule has 4 N–H and O–H groups in total. The number of rotatable bonds is 9. The van der Waals surface area contributed by atoms with Gasteiger partial charge in [0.2, 0.25) is 0 Å². The Morgan fingerprint density at radius 1 is 0.980 bits per heavy atom. The van der Waals surface area contributed by atoms with Gasteiger partial charge in [0, 0.05) is 66.6 Å². The summed E-state index contributed by atoms with van der Waals surface area (Å²) < 4.78 is 6.53. The molecule has 0 radical (unpaired) electrons. The predicted octanol–water partition coefficient (Wildman–Crippen LogP) is 7.47. The zero-order valence-electron chi connectivity index (χ0n) is 29.0. The Labute approximate surface area is 297 Å². The van der Waals surface area contributed by atoms with Crippen LogP contribution in [-0.2, 0) is 13.0 Å². The summed E-state index contributed by atoms with van der Waals surface area (Å²) in [6, 6.07) is 23.5. The Morgan fingerprint density at radius 3 is 2.61 bits per heavy atom. The minimum absolute atomic E-state index is 0.0771. The number of benzene rings is 3. The number of likely N-dealkylation sites (tertiary alicyclic amines) is 1. The van der Waals surface area contributed by atoms with E-state index in [1.54, 1.807) is 0 Å². The number of aliphatic hydroxyl groups is 2. The number of anilines is 2. The smallest absolute Gasteiger partial charge is 0.156 e. The van der Waals surface area contributed by atoms with E-state index in [1.807, 2.05) is 18.5 Å². The molecule has 0 saturated carbocycles. The van der Waals surface area contributed by atoms with Crippen LogP contribution in [0.3, 0.4) is 0 Å². The van der Waals surface area contributed by atoms with Crippen LogP contribution in [0.5, 0.6) is 0 Å². The summed E-state index contributed by atoms with van der Waals surface area (Å²) in [4.78, 5) is 11.8. The van der Waals surface area contributed by atoms with Crippen molar-refractivity contribution in [3.63, 3.8) is 0 Å². The first kappa shape index (κ1) is 33.1. The zero-order chi connectivity index (χ0) is 35.1. The van der Waals surface area contributed by atoms with Crippen molar-refractivity contribution in [2.75, 3.05) is 31.6 Å². The largest absolute Gasteiger partial charge is 0.455 e. The first-order chi connectivity index (χ1) is 24.9. The summed E-state index contributed by atoms with van der Waals surface area (Å²) in [5.41, 5.74) is 11.7. The van der Waals surface area contributed by atoms with E-state index < -0.39 is 0 Å². The summed E-state index contributed by atoms with van der Waals surface area (Å²) >= 11 is 0. The van der Waals surface area contributed by atoms with Gasteiger partial charge in [-0.3, -0.25) is 9.88 Å². The van der Waals surface area contributed by atoms with Crippen LogP contribution in [-0.4, -0.2) is 57.4 Å². The number of nitrogens with zero attached hydrogens (tertiary/aromatic N) is 4. The van der Waals surface area contributed by atoms with Crippen molar-refractivity contribution >= 4 is 33.4 Å². The van der Waals surface area contributed by atoms with Crippen LogP contribution in [0.25, 0.3) is 44.3 Å². The number of aromatic nitrogens is 2. The number of β-amino-alcohol motifs (C(OH)–C–C–N with tert-alkyl or cyclic N) is 1. The van der Waals surface area contributed by atoms with E-state index in [-0.39, 0.29) is 18.8 Å². The lowest BCUT2D eigenvalue weighted by molar-refractivity contribution is 0.175. The molecule has 1 aliphatic heterocycles. The molecule has 3 aromatic carbocycles. The molecular formula is C42H42N6O3. The number of hydrogen-bond acceptors (Lipinski definition) is 9. The Bertz CT molecular complexity index is 2310. The fourth-order valence-electron chi connectivity index (χ4n) is 8.05. The van der Waals surface area contributed by atoms with Crippen molar-refractivity contribution < 1.29 is 14.6 Å². The van der Waals surface area contributed by atoms with E-state index in [0.29, 0.717) is 30.1 Å². The predicted molar refractivity (Wildman–Crippen MR) is 201 cm³/mol. The van der Waals surface area contributed by atoms with Gasteiger partial charge in [0.25, 0.3) is 0 Å². The van der Waals surface area contributed by atoms with Gasteiger partial charge in [0.15, 0.2) is 11.4 Å². The maximum absolute atomic E-state index is 10.3. The van der Waals surface area contributed by atoms with Gasteiger partial charge >= 0.3 is 0 Å². The molecule has 1 fully saturated rings. The maximum atomic E-state index is 10.3. The van der Waals surface area contributed by atoms with Gasteiger partial charge in [-0.1, -0.05) is 30.3 Å². The van der Waals surface area contributed by atoms with E-state index in [1.165, 1.54) is 0 Å². The molecule has 1 saturated heterocycles. The van der Waals surface area contributed by atoms with E-state index in [9.17, 15) is 15.5 Å². The van der Waals surface area contributed by atoms with Crippen molar-refractivity contribution in [2.45, 2.75) is 58.2 Å². The van der Waals surface area contributed by atoms with Gasteiger partial charge in [0.1, 0.15) is 17.3 Å². The Morgan fingerprint density at radius 2 is 1.80 bits per heavy atom. The number of fused-ring (bicyclic) bond motifs is 3. The molecule has 0 amide bonds. The Balaban J connectivity index is 1.11. The topological polar surface area (TPSA) is 130 Å². The molecular weight excluding hydrogens is 637 g/mol. The van der Waals surface area contributed by atoms with Crippen LogP contribution >= 0.6 is 0 Å². The van der Waals surface area contributed by atoms with Crippen LogP contribution < -0.4 is 10.6 Å². The van der Waals surface area contributed by atoms with Gasteiger partial charge in [0.05, 0.1) is 18.3 Å². The van der Waals surface area contributed by atoms with Gasteiger partial charge in [-0.15, -0.1) is 0 Å². The highest BCUT2D eigenvalue weighted by Crippen LogP contribution is 2.41. The molecule has 3 aromatic heterocycles. The summed E-state index contributed by atoms with van der Waals surface area (Å²) in [6.07, 6.45) is 7.10. The third kappa shape index (κ3) is 6.26. The third-order valence-corrected chi connectivity index (χ3v) is 10.6. The standard InChI is InChI=1S/C42H42N6O3/c1-25-31(6-3-8-33(25)39-20-29-19-35-34(36(21-43)41(29)51-39)9-5-11-38(35)44-15-17-49)32-7-4-10-37(26(32)2)47-42-40-28(12-14-45-42)18-27(22-46-40)23-48-16-13-30(50)24-48/h3-4,6-8,10,12,14,18-20,22,30,38,44,49-50H,5,9,11,13,15-17,23-24H2,1-2H3,(H,45,47)/t30-,38?/m1/s1. The molecule has 1 aliphatic carbocycles. The second-order valence-electron chi connectivity index (χ2n) is 13.9. The first-order valence-corrected chi connectivity index (χ1v) is 17.9. The van der Waals surface area contributed by atoms with Crippen LogP contribution in [0.2, 0.25) is 0 Å². The Kier molecular flexibility index (Phi) is 9.01. The number of nitriles is 1. The summed E-state index contributed by atoms with van der Waals surface area (Å²) in [5.74, 6) is 1.44. The van der Waals surface area contributed by atoms with Gasteiger partial charge in [-0.2, -0.15) is 5.26 Å². The lowest BCUT2D eigenvalue weighted by Crippen LogP contribution is -2.28. The molecule has 51 heavy (non-hydrogen) atoms. The van der Waals surface area contributed by atoms with Crippen molar-refractivity contribution in [2.24, 2.45) is 0 Å². The second kappa shape index (κ2) is 13.9. The molecule has 4 heterocycles. The molecule has 8 rings (SSSR count). The highest BCUT2D eigenvalue weighted by molar-refractivity contribution is 5.93. The maximum Gasteiger partial charge on any atom is 0.156 e. The third-order valence-electron chi connectivity index (χ3n) is 10.6. The zero-order valence-corrected chi connectivity index (χ0v) is 29.0. The minimum Gasteiger partial charge on any atom is -0.455 e. The van der Waals surface area contributed by atoms with Crippen molar-refractivity contribution in [3.05, 3.63) is 106 Å². The number of hydrogen-bond donors (Lipinski definition) is 4. The summed E-state index contributed by atoms with van der Waals surface area (Å²) in [6.45, 7) is 7.21. The number of nitrogens with one attached hydrogen (secondary N) is 2. The number of furan rings is 1. The molecule has 2 atom stereocenters. The van der Waals surface area contributed by atoms with E-state index >= 15 is 0 Å². The molecule has 9 heteroatoms. The number of pyridine rings is 2. The lowest BCUT2D eigenvalue weighted by Gasteiger charge is -2.27. The highest BCUT2D eigenvalue weighted by atomic mass is 16.3. The van der Waals surface area contributed by atoms with Crippen LogP contribution in [0.4, 0.5) is 11.5 Å². The van der Waals surface area contributed by atoms with Gasteiger partial charge < -0.3 is 25.3 Å². The fraction of sp³-hybridized carbons (Fsp3) is 0.310. The van der Waals surface area contributed by atoms with Crippen molar-refractivity contribution in [1.29, 1.82) is 5.26 Å². The normalized spacial score (nSPS) is 17.5. The van der Waals surface area contributed by atoms with Crippen molar-refractivity contribution in [1.82, 2.24) is 20.2 Å². The fourth-order valence-corrected chi connectivity index (χ4v) is 8.05. The quantitative estimate of drug-likeness (QED) is 0.123. The molecule has 6 aromatic rings. The monoisotopic (exact) mass is 678 g/mol. The molecule has 2 aliphatic rings. The van der Waals surface area contributed by atoms with Gasteiger partial charge in [-0.05, 0) is 109 Å². The molecule has 0 spiro atoms. The van der Waals surface area contributed by atoms with Gasteiger partial charge in [-0.25, -0.2) is 4.98 Å². The lowest BCUT2D eigenvalue weighted by atomic mass is 9.84. The molecule has 0 bridgehead atoms. The highest BCUT2D eigenvalue weighted by Gasteiger charge is 2.26. The van der Waals surface area contributed by atoms with Crippen LogP contribution in [0, 0.1) is 25.2 Å². The summed E-state index contributed by atoms with van der Waals surface area (Å²) in [5, 5.41) is 38.6. The van der Waals surface area contributed by atoms with Crippen molar-refractivity contribution in [3.8, 4) is 28.5 Å². The number of aliphatic hydroxyl groups excluding tert-OH is 2. The van der Waals surface area contributed by atoms with E-state index in [4.69, 9.17) is 9.40 Å². The van der Waals surface area contributed by atoms with Crippen LogP contribution in [0.1, 0.15) is 58.7 Å². The average Bonchev–Trinajstić information content (AvgIpc) is 3.76. The van der Waals surface area contributed by atoms with E-state index in [0.717, 1.165) is 111 Å². The molecule has 1 unspecified atom stereocenters. The second-order valence-corrected chi connectivity index (χ2v) is 13.9. The first-order valence-electron chi connectivity index (χ1n) is 17.9. The Hall–Kier alpha value is -5.11.